The average Bonchev–Trinajstić information content (AvgIpc) is 2.71. The quantitative estimate of drug-likeness (QED) is 0.774. The summed E-state index contributed by atoms with van der Waals surface area (Å²) in [6, 6.07) is 2.92. The molecule has 0 bridgehead atoms. The van der Waals surface area contributed by atoms with Gasteiger partial charge in [-0.05, 0) is 12.1 Å². The number of pyridine rings is 1. The van der Waals surface area contributed by atoms with Crippen LogP contribution in [0.1, 0.15) is 16.2 Å². The third-order valence-electron chi connectivity index (χ3n) is 2.33. The average molecular weight is 255 g/mol. The standard InChI is InChI=1S/C11H8F3N3O/c1-17-5-9(11(12,13)14)16-10(17)7-2-3-8(6-18)15-4-7/h2-6H,1H3. The van der Waals surface area contributed by atoms with Crippen molar-refractivity contribution in [2.75, 3.05) is 0 Å². The SMILES string of the molecule is Cn1cc(C(F)(F)F)nc1-c1ccc(C=O)nc1. The van der Waals surface area contributed by atoms with E-state index < -0.39 is 11.9 Å². The molecule has 2 heterocycles. The Balaban J connectivity index is 2.44. The van der Waals surface area contributed by atoms with Gasteiger partial charge in [0.2, 0.25) is 0 Å². The fraction of sp³-hybridized carbons (Fsp3) is 0.182. The summed E-state index contributed by atoms with van der Waals surface area (Å²) in [6.07, 6.45) is -1.70. The molecular weight excluding hydrogens is 247 g/mol. The van der Waals surface area contributed by atoms with Gasteiger partial charge in [-0.1, -0.05) is 0 Å². The third-order valence-corrected chi connectivity index (χ3v) is 2.33. The molecule has 0 saturated carbocycles. The van der Waals surface area contributed by atoms with E-state index in [-0.39, 0.29) is 11.5 Å². The molecule has 0 fully saturated rings. The molecule has 2 aromatic heterocycles. The van der Waals surface area contributed by atoms with Crippen molar-refractivity contribution in [1.82, 2.24) is 14.5 Å². The third kappa shape index (κ3) is 2.24. The zero-order chi connectivity index (χ0) is 13.3. The minimum atomic E-state index is -4.48. The summed E-state index contributed by atoms with van der Waals surface area (Å²) < 4.78 is 38.7. The number of aromatic nitrogens is 3. The van der Waals surface area contributed by atoms with Crippen molar-refractivity contribution in [1.29, 1.82) is 0 Å². The molecule has 2 rings (SSSR count). The van der Waals surface area contributed by atoms with Gasteiger partial charge in [0.15, 0.2) is 12.0 Å². The summed E-state index contributed by atoms with van der Waals surface area (Å²) in [5, 5.41) is 0. The van der Waals surface area contributed by atoms with E-state index >= 15 is 0 Å². The van der Waals surface area contributed by atoms with Crippen LogP contribution in [-0.2, 0) is 13.2 Å². The molecule has 0 unspecified atom stereocenters. The molecule has 0 spiro atoms. The van der Waals surface area contributed by atoms with Crippen LogP contribution in [0, 0.1) is 0 Å². The zero-order valence-corrected chi connectivity index (χ0v) is 9.27. The Morgan fingerprint density at radius 1 is 1.33 bits per heavy atom. The summed E-state index contributed by atoms with van der Waals surface area (Å²) >= 11 is 0. The minimum Gasteiger partial charge on any atom is -0.333 e. The fourth-order valence-corrected chi connectivity index (χ4v) is 1.48. The van der Waals surface area contributed by atoms with Crippen LogP contribution in [0.5, 0.6) is 0 Å². The lowest BCUT2D eigenvalue weighted by atomic mass is 10.2. The maximum Gasteiger partial charge on any atom is 0.434 e. The first-order valence-electron chi connectivity index (χ1n) is 4.94. The van der Waals surface area contributed by atoms with Crippen LogP contribution in [0.3, 0.4) is 0 Å². The van der Waals surface area contributed by atoms with Crippen molar-refractivity contribution in [3.8, 4) is 11.4 Å². The van der Waals surface area contributed by atoms with Crippen LogP contribution >= 0.6 is 0 Å². The number of aldehydes is 1. The summed E-state index contributed by atoms with van der Waals surface area (Å²) in [5.74, 6) is 0.146. The largest absolute Gasteiger partial charge is 0.434 e. The Hall–Kier alpha value is -2.18. The molecule has 0 radical (unpaired) electrons. The molecule has 7 heteroatoms. The maximum atomic E-state index is 12.5. The van der Waals surface area contributed by atoms with Crippen molar-refractivity contribution >= 4 is 6.29 Å². The van der Waals surface area contributed by atoms with Crippen LogP contribution in [-0.4, -0.2) is 20.8 Å². The predicted octanol–water partition coefficient (Wildman–Crippen LogP) is 2.31. The highest BCUT2D eigenvalue weighted by atomic mass is 19.4. The smallest absolute Gasteiger partial charge is 0.333 e. The Morgan fingerprint density at radius 2 is 2.06 bits per heavy atom. The molecule has 0 aliphatic heterocycles. The summed E-state index contributed by atoms with van der Waals surface area (Å²) in [5.41, 5.74) is -0.331. The normalized spacial score (nSPS) is 11.6. The van der Waals surface area contributed by atoms with Gasteiger partial charge in [-0.25, -0.2) is 4.98 Å². The lowest BCUT2D eigenvalue weighted by molar-refractivity contribution is -0.140. The number of hydrogen-bond acceptors (Lipinski definition) is 3. The molecular formula is C11H8F3N3O. The molecule has 4 nitrogen and oxygen atoms in total. The van der Waals surface area contributed by atoms with Crippen LogP contribution in [0.4, 0.5) is 13.2 Å². The van der Waals surface area contributed by atoms with E-state index in [0.717, 1.165) is 6.20 Å². The lowest BCUT2D eigenvalue weighted by Crippen LogP contribution is -2.04. The number of carbonyl (C=O) groups excluding carboxylic acids is 1. The number of aryl methyl sites for hydroxylation is 1. The van der Waals surface area contributed by atoms with E-state index in [1.807, 2.05) is 0 Å². The first-order valence-corrected chi connectivity index (χ1v) is 4.94. The van der Waals surface area contributed by atoms with Gasteiger partial charge in [-0.3, -0.25) is 9.78 Å². The minimum absolute atomic E-state index is 0.146. The van der Waals surface area contributed by atoms with Gasteiger partial charge in [0.1, 0.15) is 11.5 Å². The van der Waals surface area contributed by atoms with E-state index in [1.54, 1.807) is 0 Å². The molecule has 0 aliphatic carbocycles. The van der Waals surface area contributed by atoms with Gasteiger partial charge in [0, 0.05) is 25.0 Å². The highest BCUT2D eigenvalue weighted by Crippen LogP contribution is 2.30. The first kappa shape index (κ1) is 12.3. The maximum absolute atomic E-state index is 12.5. The molecule has 0 aromatic carbocycles. The molecule has 0 atom stereocenters. The Labute approximate surface area is 100 Å². The molecule has 18 heavy (non-hydrogen) atoms. The Bertz CT molecular complexity index is 572. The number of nitrogens with zero attached hydrogens (tertiary/aromatic N) is 3. The van der Waals surface area contributed by atoms with Crippen LogP contribution in [0.2, 0.25) is 0 Å². The monoisotopic (exact) mass is 255 g/mol. The number of rotatable bonds is 2. The number of imidazole rings is 1. The zero-order valence-electron chi connectivity index (χ0n) is 9.27. The van der Waals surface area contributed by atoms with Crippen LogP contribution in [0.15, 0.2) is 24.5 Å². The van der Waals surface area contributed by atoms with Crippen molar-refractivity contribution in [2.45, 2.75) is 6.18 Å². The molecule has 94 valence electrons. The topological polar surface area (TPSA) is 47.8 Å². The summed E-state index contributed by atoms with van der Waals surface area (Å²) in [6.45, 7) is 0. The van der Waals surface area contributed by atoms with E-state index in [2.05, 4.69) is 9.97 Å². The Kier molecular flexibility index (Phi) is 2.90. The molecule has 0 amide bonds. The number of hydrogen-bond donors (Lipinski definition) is 0. The second-order valence-electron chi connectivity index (χ2n) is 3.65. The van der Waals surface area contributed by atoms with Crippen molar-refractivity contribution in [3.63, 3.8) is 0 Å². The van der Waals surface area contributed by atoms with Crippen molar-refractivity contribution < 1.29 is 18.0 Å². The van der Waals surface area contributed by atoms with Crippen LogP contribution in [0.25, 0.3) is 11.4 Å². The number of carbonyl (C=O) groups is 1. The van der Waals surface area contributed by atoms with Gasteiger partial charge in [0.25, 0.3) is 0 Å². The second kappa shape index (κ2) is 4.25. The van der Waals surface area contributed by atoms with E-state index in [9.17, 15) is 18.0 Å². The molecule has 2 aromatic rings. The van der Waals surface area contributed by atoms with Gasteiger partial charge in [-0.2, -0.15) is 13.2 Å². The molecule has 0 N–H and O–H groups in total. The molecule has 0 saturated heterocycles. The van der Waals surface area contributed by atoms with E-state index in [1.165, 1.54) is 29.9 Å². The van der Waals surface area contributed by atoms with E-state index in [0.29, 0.717) is 11.8 Å². The summed E-state index contributed by atoms with van der Waals surface area (Å²) in [7, 11) is 1.46. The number of halogens is 3. The van der Waals surface area contributed by atoms with Crippen LogP contribution < -0.4 is 0 Å². The first-order chi connectivity index (χ1) is 8.41. The predicted molar refractivity (Wildman–Crippen MR) is 56.8 cm³/mol. The molecule has 0 aliphatic rings. The highest BCUT2D eigenvalue weighted by Gasteiger charge is 2.34. The lowest BCUT2D eigenvalue weighted by Gasteiger charge is -2.00. The highest BCUT2D eigenvalue weighted by molar-refractivity contribution is 5.72. The Morgan fingerprint density at radius 3 is 2.50 bits per heavy atom. The van der Waals surface area contributed by atoms with E-state index in [4.69, 9.17) is 0 Å². The number of alkyl halides is 3. The van der Waals surface area contributed by atoms with Crippen molar-refractivity contribution in [3.05, 3.63) is 35.9 Å². The fourth-order valence-electron chi connectivity index (χ4n) is 1.48. The van der Waals surface area contributed by atoms with Gasteiger partial charge < -0.3 is 4.57 Å². The van der Waals surface area contributed by atoms with Gasteiger partial charge in [-0.15, -0.1) is 0 Å². The van der Waals surface area contributed by atoms with Gasteiger partial charge in [0.05, 0.1) is 0 Å². The van der Waals surface area contributed by atoms with Crippen molar-refractivity contribution in [2.24, 2.45) is 7.05 Å². The van der Waals surface area contributed by atoms with Gasteiger partial charge >= 0.3 is 6.18 Å². The second-order valence-corrected chi connectivity index (χ2v) is 3.65. The summed E-state index contributed by atoms with van der Waals surface area (Å²) in [4.78, 5) is 17.7.